The number of fused-ring (bicyclic) bond motifs is 1. The molecular weight excluding hydrogens is 208 g/mol. The molecule has 1 N–H and O–H groups in total. The predicted molar refractivity (Wildman–Crippen MR) is 70.8 cm³/mol. The quantitative estimate of drug-likeness (QED) is 0.731. The Labute approximate surface area is 101 Å². The molecule has 0 heterocycles. The number of allylic oxidation sites excluding steroid dienone is 1. The smallest absolute Gasteiger partial charge is 0.108 e. The highest BCUT2D eigenvalue weighted by molar-refractivity contribution is 5.83. The summed E-state index contributed by atoms with van der Waals surface area (Å²) < 4.78 is 0. The molecule has 0 aliphatic heterocycles. The van der Waals surface area contributed by atoms with Crippen molar-refractivity contribution in [1.29, 1.82) is 0 Å². The van der Waals surface area contributed by atoms with Crippen LogP contribution in [0.5, 0.6) is 0 Å². The minimum atomic E-state index is -0.762. The van der Waals surface area contributed by atoms with Crippen molar-refractivity contribution in [2.45, 2.75) is 24.9 Å². The first-order valence-electron chi connectivity index (χ1n) is 6.17. The van der Waals surface area contributed by atoms with Gasteiger partial charge in [0.15, 0.2) is 0 Å². The predicted octanol–water partition coefficient (Wildman–Crippen LogP) is 3.77. The van der Waals surface area contributed by atoms with E-state index >= 15 is 0 Å². The summed E-state index contributed by atoms with van der Waals surface area (Å²) in [7, 11) is 0. The summed E-state index contributed by atoms with van der Waals surface area (Å²) in [5.41, 5.74) is 0.245. The average molecular weight is 224 g/mol. The summed E-state index contributed by atoms with van der Waals surface area (Å²) in [6.45, 7) is 0. The molecule has 0 spiro atoms. The van der Waals surface area contributed by atoms with Gasteiger partial charge in [0.2, 0.25) is 0 Å². The van der Waals surface area contributed by atoms with Crippen molar-refractivity contribution in [1.82, 2.24) is 0 Å². The Bertz CT molecular complexity index is 571. The van der Waals surface area contributed by atoms with Crippen LogP contribution in [0.1, 0.15) is 24.8 Å². The van der Waals surface area contributed by atoms with Crippen LogP contribution in [0.3, 0.4) is 0 Å². The second-order valence-corrected chi connectivity index (χ2v) is 4.78. The maximum atomic E-state index is 10.6. The number of aliphatic hydroxyl groups is 1. The van der Waals surface area contributed by atoms with Crippen LogP contribution in [0.4, 0.5) is 0 Å². The van der Waals surface area contributed by atoms with E-state index in [1.807, 2.05) is 24.3 Å². The van der Waals surface area contributed by atoms with E-state index in [1.54, 1.807) is 0 Å². The number of hydrogen-bond acceptors (Lipinski definition) is 1. The molecule has 86 valence electrons. The molecule has 1 atom stereocenters. The molecule has 17 heavy (non-hydrogen) atoms. The highest BCUT2D eigenvalue weighted by Crippen LogP contribution is 2.33. The minimum Gasteiger partial charge on any atom is -0.381 e. The van der Waals surface area contributed by atoms with Crippen LogP contribution in [0.2, 0.25) is 0 Å². The molecule has 3 rings (SSSR count). The molecule has 2 aromatic rings. The number of benzene rings is 2. The van der Waals surface area contributed by atoms with Crippen LogP contribution < -0.4 is 0 Å². The van der Waals surface area contributed by atoms with Gasteiger partial charge < -0.3 is 5.11 Å². The first kappa shape index (κ1) is 10.5. The molecular formula is C16H16O. The van der Waals surface area contributed by atoms with Gasteiger partial charge >= 0.3 is 0 Å². The van der Waals surface area contributed by atoms with Gasteiger partial charge in [-0.25, -0.2) is 0 Å². The van der Waals surface area contributed by atoms with Gasteiger partial charge in [-0.3, -0.25) is 0 Å². The lowest BCUT2D eigenvalue weighted by atomic mass is 9.84. The molecule has 1 aliphatic rings. The van der Waals surface area contributed by atoms with E-state index in [0.29, 0.717) is 0 Å². The zero-order valence-corrected chi connectivity index (χ0v) is 9.76. The summed E-state index contributed by atoms with van der Waals surface area (Å²) in [4.78, 5) is 0. The van der Waals surface area contributed by atoms with Gasteiger partial charge in [-0.15, -0.1) is 0 Å². The summed E-state index contributed by atoms with van der Waals surface area (Å²) >= 11 is 0. The molecule has 1 unspecified atom stereocenters. The Kier molecular flexibility index (Phi) is 2.49. The molecule has 1 nitrogen and oxygen atoms in total. The summed E-state index contributed by atoms with van der Waals surface area (Å²) in [6.07, 6.45) is 6.98. The van der Waals surface area contributed by atoms with Crippen LogP contribution in [0, 0.1) is 0 Å². The summed E-state index contributed by atoms with van der Waals surface area (Å²) in [6, 6.07) is 14.5. The topological polar surface area (TPSA) is 20.2 Å². The maximum absolute atomic E-state index is 10.6. The van der Waals surface area contributed by atoms with E-state index in [4.69, 9.17) is 0 Å². The molecule has 0 amide bonds. The summed E-state index contributed by atoms with van der Waals surface area (Å²) in [5, 5.41) is 13.0. The van der Waals surface area contributed by atoms with E-state index in [9.17, 15) is 5.11 Å². The first-order valence-corrected chi connectivity index (χ1v) is 6.17. The Hall–Kier alpha value is -1.60. The van der Waals surface area contributed by atoms with E-state index < -0.39 is 5.60 Å². The Morgan fingerprint density at radius 3 is 2.59 bits per heavy atom. The van der Waals surface area contributed by atoms with Crippen molar-refractivity contribution in [2.75, 3.05) is 0 Å². The average Bonchev–Trinajstić information content (AvgIpc) is 2.39. The van der Waals surface area contributed by atoms with Gasteiger partial charge in [-0.2, -0.15) is 0 Å². The normalized spacial score (nSPS) is 24.1. The molecule has 0 fully saturated rings. The fourth-order valence-corrected chi connectivity index (χ4v) is 2.55. The van der Waals surface area contributed by atoms with E-state index in [1.165, 1.54) is 10.8 Å². The van der Waals surface area contributed by atoms with Gasteiger partial charge in [0, 0.05) is 0 Å². The van der Waals surface area contributed by atoms with Crippen molar-refractivity contribution in [2.24, 2.45) is 0 Å². The fraction of sp³-hybridized carbons (Fsp3) is 0.250. The molecule has 1 aliphatic carbocycles. The largest absolute Gasteiger partial charge is 0.381 e. The lowest BCUT2D eigenvalue weighted by Gasteiger charge is -2.28. The van der Waals surface area contributed by atoms with Crippen LogP contribution in [0.25, 0.3) is 10.8 Å². The van der Waals surface area contributed by atoms with Crippen LogP contribution in [-0.4, -0.2) is 5.11 Å². The van der Waals surface area contributed by atoms with Crippen molar-refractivity contribution in [3.63, 3.8) is 0 Å². The highest BCUT2D eigenvalue weighted by atomic mass is 16.3. The van der Waals surface area contributed by atoms with E-state index in [-0.39, 0.29) is 0 Å². The van der Waals surface area contributed by atoms with Gasteiger partial charge in [-0.1, -0.05) is 48.6 Å². The molecule has 0 aromatic heterocycles. The van der Waals surface area contributed by atoms with Gasteiger partial charge in [0.25, 0.3) is 0 Å². The zero-order chi connectivity index (χ0) is 11.7. The maximum Gasteiger partial charge on any atom is 0.108 e. The third-order valence-corrected chi connectivity index (χ3v) is 3.57. The second-order valence-electron chi connectivity index (χ2n) is 4.78. The molecule has 0 radical (unpaired) electrons. The fourth-order valence-electron chi connectivity index (χ4n) is 2.55. The molecule has 0 bridgehead atoms. The zero-order valence-electron chi connectivity index (χ0n) is 9.76. The Balaban J connectivity index is 2.11. The van der Waals surface area contributed by atoms with Crippen LogP contribution in [-0.2, 0) is 5.60 Å². The Morgan fingerprint density at radius 2 is 1.82 bits per heavy atom. The molecule has 0 saturated carbocycles. The number of hydrogen-bond donors (Lipinski definition) is 1. The molecule has 2 aromatic carbocycles. The van der Waals surface area contributed by atoms with E-state index in [0.717, 1.165) is 24.8 Å². The van der Waals surface area contributed by atoms with E-state index in [2.05, 4.69) is 30.3 Å². The summed E-state index contributed by atoms with van der Waals surface area (Å²) in [5.74, 6) is 0. The first-order chi connectivity index (χ1) is 8.28. The van der Waals surface area contributed by atoms with Crippen LogP contribution in [0.15, 0.2) is 54.6 Å². The van der Waals surface area contributed by atoms with Gasteiger partial charge in [0.1, 0.15) is 5.60 Å². The van der Waals surface area contributed by atoms with Crippen molar-refractivity contribution >= 4 is 10.8 Å². The van der Waals surface area contributed by atoms with Crippen molar-refractivity contribution in [3.8, 4) is 0 Å². The third kappa shape index (κ3) is 1.87. The van der Waals surface area contributed by atoms with Gasteiger partial charge in [0.05, 0.1) is 0 Å². The highest BCUT2D eigenvalue weighted by Gasteiger charge is 2.27. The van der Waals surface area contributed by atoms with Crippen molar-refractivity contribution < 1.29 is 5.11 Å². The van der Waals surface area contributed by atoms with Gasteiger partial charge in [-0.05, 0) is 41.7 Å². The monoisotopic (exact) mass is 224 g/mol. The lowest BCUT2D eigenvalue weighted by Crippen LogP contribution is -2.24. The lowest BCUT2D eigenvalue weighted by molar-refractivity contribution is 0.0727. The molecule has 1 heteroatoms. The number of rotatable bonds is 1. The third-order valence-electron chi connectivity index (χ3n) is 3.57. The van der Waals surface area contributed by atoms with Crippen LogP contribution >= 0.6 is 0 Å². The second kappa shape index (κ2) is 4.01. The SMILES string of the molecule is OC1(c2ccc3ccccc3c2)C=CCCC1. The Morgan fingerprint density at radius 1 is 1.00 bits per heavy atom. The standard InChI is InChI=1S/C16H16O/c17-16(10-4-1-5-11-16)15-9-8-13-6-2-3-7-14(13)12-15/h2-4,6-10,12,17H,1,5,11H2. The minimum absolute atomic E-state index is 0.762. The van der Waals surface area contributed by atoms with Crippen molar-refractivity contribution in [3.05, 3.63) is 60.2 Å². The molecule has 0 saturated heterocycles.